The van der Waals surface area contributed by atoms with E-state index in [4.69, 9.17) is 37.0 Å². The molecule has 17 nitrogen and oxygen atoms in total. The molecular weight excluding hydrogens is 1230 g/mol. The number of carbonyl (C=O) groups is 4. The summed E-state index contributed by atoms with van der Waals surface area (Å²) in [4.78, 5) is 72.6. The van der Waals surface area contributed by atoms with Gasteiger partial charge in [-0.05, 0) is 43.4 Å². The molecule has 3 unspecified atom stereocenters. The van der Waals surface area contributed by atoms with Crippen LogP contribution in [0.3, 0.4) is 0 Å². The lowest BCUT2D eigenvalue weighted by molar-refractivity contribution is -0.161. The molecular formula is C75H146O17P2. The van der Waals surface area contributed by atoms with Crippen LogP contribution >= 0.6 is 15.6 Å². The van der Waals surface area contributed by atoms with Gasteiger partial charge in [-0.25, -0.2) is 9.13 Å². The second kappa shape index (κ2) is 65.7. The van der Waals surface area contributed by atoms with E-state index < -0.39 is 97.5 Å². The largest absolute Gasteiger partial charge is 0.472 e. The van der Waals surface area contributed by atoms with Crippen LogP contribution in [0.5, 0.6) is 0 Å². The topological polar surface area (TPSA) is 237 Å². The molecule has 3 N–H and O–H groups in total. The quantitative estimate of drug-likeness (QED) is 0.0222. The lowest BCUT2D eigenvalue weighted by Crippen LogP contribution is -2.30. The molecule has 0 aliphatic carbocycles. The molecule has 0 aliphatic heterocycles. The average Bonchev–Trinajstić information content (AvgIpc) is 1.33. The summed E-state index contributed by atoms with van der Waals surface area (Å²) in [5.41, 5.74) is 0. The van der Waals surface area contributed by atoms with Crippen molar-refractivity contribution in [1.29, 1.82) is 0 Å². The Balaban J connectivity index is 5.17. The zero-order chi connectivity index (χ0) is 69.4. The Hall–Kier alpha value is -1.94. The van der Waals surface area contributed by atoms with E-state index in [-0.39, 0.29) is 25.7 Å². The molecule has 0 heterocycles. The fourth-order valence-electron chi connectivity index (χ4n) is 11.4. The Morgan fingerprint density at radius 1 is 0.309 bits per heavy atom. The molecule has 0 aromatic carbocycles. The van der Waals surface area contributed by atoms with Gasteiger partial charge in [0.1, 0.15) is 19.3 Å². The number of aliphatic hydroxyl groups is 1. The molecule has 0 aliphatic rings. The highest BCUT2D eigenvalue weighted by Crippen LogP contribution is 2.45. The fourth-order valence-corrected chi connectivity index (χ4v) is 13.0. The maximum absolute atomic E-state index is 13.1. The zero-order valence-corrected chi connectivity index (χ0v) is 63.2. The Labute approximate surface area is 575 Å². The highest BCUT2D eigenvalue weighted by Gasteiger charge is 2.30. The van der Waals surface area contributed by atoms with E-state index >= 15 is 0 Å². The number of hydrogen-bond acceptors (Lipinski definition) is 15. The standard InChI is InChI=1S/C75H146O17P2/c1-8-10-11-12-13-14-15-22-26-29-34-42-49-56-72(77)85-62-70(91-74(79)58-51-44-35-30-27-24-21-19-17-16-18-20-23-25-28-33-41-48-55-68(7)9-2)64-89-93(81,82)87-60-69(76)61-88-94(83,84)90-65-71(63-86-73(78)57-50-43-38-37-40-47-54-67(5)6)92-75(80)59-52-45-36-31-32-39-46-53-66(3)4/h66-71,76H,8-65H2,1-7H3,(H,81,82)(H,83,84)/t68?,69-,70-,71-/m1/s1. The van der Waals surface area contributed by atoms with Gasteiger partial charge in [0.05, 0.1) is 26.4 Å². The smallest absolute Gasteiger partial charge is 0.462 e. The number of rotatable bonds is 73. The van der Waals surface area contributed by atoms with Gasteiger partial charge in [-0.1, -0.05) is 331 Å². The minimum atomic E-state index is -4.96. The first-order valence-electron chi connectivity index (χ1n) is 38.9. The van der Waals surface area contributed by atoms with Crippen LogP contribution in [0, 0.1) is 17.8 Å². The van der Waals surface area contributed by atoms with Gasteiger partial charge < -0.3 is 33.8 Å². The summed E-state index contributed by atoms with van der Waals surface area (Å²) in [5, 5.41) is 10.6. The first-order valence-corrected chi connectivity index (χ1v) is 41.9. The number of phosphoric ester groups is 2. The highest BCUT2D eigenvalue weighted by molar-refractivity contribution is 7.47. The van der Waals surface area contributed by atoms with Gasteiger partial charge in [0, 0.05) is 25.7 Å². The Morgan fingerprint density at radius 3 is 0.809 bits per heavy atom. The van der Waals surface area contributed by atoms with E-state index in [0.29, 0.717) is 37.5 Å². The number of unbranched alkanes of at least 4 members (excludes halogenated alkanes) is 40. The van der Waals surface area contributed by atoms with Crippen LogP contribution in [0.1, 0.15) is 382 Å². The molecule has 558 valence electrons. The number of ether oxygens (including phenoxy) is 4. The van der Waals surface area contributed by atoms with Crippen LogP contribution in [-0.2, 0) is 65.4 Å². The van der Waals surface area contributed by atoms with Gasteiger partial charge in [0.15, 0.2) is 12.2 Å². The molecule has 0 fully saturated rings. The summed E-state index contributed by atoms with van der Waals surface area (Å²) in [5.74, 6) is 0.122. The first-order chi connectivity index (χ1) is 45.3. The summed E-state index contributed by atoms with van der Waals surface area (Å²) in [7, 11) is -9.91. The molecule has 0 spiro atoms. The van der Waals surface area contributed by atoms with Crippen molar-refractivity contribution in [3.05, 3.63) is 0 Å². The zero-order valence-electron chi connectivity index (χ0n) is 61.4. The van der Waals surface area contributed by atoms with E-state index in [9.17, 15) is 43.2 Å². The lowest BCUT2D eigenvalue weighted by atomic mass is 9.99. The van der Waals surface area contributed by atoms with E-state index in [2.05, 4.69) is 48.5 Å². The number of esters is 4. The summed E-state index contributed by atoms with van der Waals surface area (Å²) >= 11 is 0. The van der Waals surface area contributed by atoms with E-state index in [1.807, 2.05) is 0 Å². The molecule has 0 aromatic heterocycles. The van der Waals surface area contributed by atoms with Crippen molar-refractivity contribution in [1.82, 2.24) is 0 Å². The van der Waals surface area contributed by atoms with Crippen molar-refractivity contribution in [2.24, 2.45) is 17.8 Å². The molecule has 19 heteroatoms. The molecule has 0 rings (SSSR count). The third kappa shape index (κ3) is 67.3. The molecule has 0 saturated carbocycles. The molecule has 0 amide bonds. The maximum atomic E-state index is 13.1. The third-order valence-corrected chi connectivity index (χ3v) is 19.6. The van der Waals surface area contributed by atoms with Crippen molar-refractivity contribution in [3.8, 4) is 0 Å². The molecule has 0 radical (unpaired) electrons. The fraction of sp³-hybridized carbons (Fsp3) is 0.947. The Morgan fingerprint density at radius 2 is 0.543 bits per heavy atom. The summed E-state index contributed by atoms with van der Waals surface area (Å²) in [6.45, 7) is 11.8. The van der Waals surface area contributed by atoms with Crippen LogP contribution < -0.4 is 0 Å². The first kappa shape index (κ1) is 92.1. The van der Waals surface area contributed by atoms with Crippen molar-refractivity contribution in [3.63, 3.8) is 0 Å². The second-order valence-electron chi connectivity index (χ2n) is 28.2. The minimum Gasteiger partial charge on any atom is -0.462 e. The predicted molar refractivity (Wildman–Crippen MR) is 381 cm³/mol. The maximum Gasteiger partial charge on any atom is 0.472 e. The van der Waals surface area contributed by atoms with E-state index in [1.54, 1.807) is 0 Å². The van der Waals surface area contributed by atoms with Crippen LogP contribution in [0.25, 0.3) is 0 Å². The Kier molecular flexibility index (Phi) is 64.3. The van der Waals surface area contributed by atoms with Gasteiger partial charge in [0.25, 0.3) is 0 Å². The van der Waals surface area contributed by atoms with Crippen molar-refractivity contribution < 1.29 is 80.2 Å². The molecule has 0 bridgehead atoms. The average molecular weight is 1380 g/mol. The summed E-state index contributed by atoms with van der Waals surface area (Å²) in [6.07, 6.45) is 51.7. The minimum absolute atomic E-state index is 0.102. The molecule has 0 saturated heterocycles. The number of hydrogen-bond donors (Lipinski definition) is 3. The third-order valence-electron chi connectivity index (χ3n) is 17.7. The summed E-state index contributed by atoms with van der Waals surface area (Å²) < 4.78 is 68.4. The van der Waals surface area contributed by atoms with Gasteiger partial charge in [-0.15, -0.1) is 0 Å². The molecule has 94 heavy (non-hydrogen) atoms. The normalized spacial score (nSPS) is 14.4. The number of carbonyl (C=O) groups excluding carboxylic acids is 4. The van der Waals surface area contributed by atoms with Gasteiger partial charge in [-0.3, -0.25) is 37.3 Å². The SMILES string of the molecule is CCCCCCCCCCCCCCCC(=O)OC[C@H](COP(=O)(O)OC[C@@H](O)COP(=O)(O)OC[C@@H](COC(=O)CCCCCCCCC(C)C)OC(=O)CCCCCCCCCC(C)C)OC(=O)CCCCCCCCCCCCCCCCCCCCC(C)CC. The van der Waals surface area contributed by atoms with Crippen LogP contribution in [-0.4, -0.2) is 96.7 Å². The van der Waals surface area contributed by atoms with Gasteiger partial charge in [-0.2, -0.15) is 0 Å². The van der Waals surface area contributed by atoms with E-state index in [1.165, 1.54) is 186 Å². The van der Waals surface area contributed by atoms with Crippen LogP contribution in [0.4, 0.5) is 0 Å². The Bertz CT molecular complexity index is 1840. The van der Waals surface area contributed by atoms with Crippen molar-refractivity contribution >= 4 is 39.5 Å². The molecule has 6 atom stereocenters. The predicted octanol–water partition coefficient (Wildman–Crippen LogP) is 21.8. The van der Waals surface area contributed by atoms with Gasteiger partial charge in [0.2, 0.25) is 0 Å². The lowest BCUT2D eigenvalue weighted by Gasteiger charge is -2.21. The molecule has 0 aromatic rings. The van der Waals surface area contributed by atoms with E-state index in [0.717, 1.165) is 102 Å². The number of aliphatic hydroxyl groups excluding tert-OH is 1. The second-order valence-corrected chi connectivity index (χ2v) is 31.1. The van der Waals surface area contributed by atoms with Gasteiger partial charge >= 0.3 is 39.5 Å². The highest BCUT2D eigenvalue weighted by atomic mass is 31.2. The van der Waals surface area contributed by atoms with Crippen molar-refractivity contribution in [2.45, 2.75) is 401 Å². The summed E-state index contributed by atoms with van der Waals surface area (Å²) in [6, 6.07) is 0. The van der Waals surface area contributed by atoms with Crippen LogP contribution in [0.15, 0.2) is 0 Å². The van der Waals surface area contributed by atoms with Crippen molar-refractivity contribution in [2.75, 3.05) is 39.6 Å². The number of phosphoric acid groups is 2. The monoisotopic (exact) mass is 1380 g/mol. The van der Waals surface area contributed by atoms with Crippen LogP contribution in [0.2, 0.25) is 0 Å².